The van der Waals surface area contributed by atoms with Gasteiger partial charge in [0, 0.05) is 18.5 Å². The molecule has 0 bridgehead atoms. The van der Waals surface area contributed by atoms with E-state index in [1.54, 1.807) is 12.1 Å². The molecule has 0 unspecified atom stereocenters. The highest BCUT2D eigenvalue weighted by Crippen LogP contribution is 2.36. The third kappa shape index (κ3) is 5.27. The number of halogens is 2. The Morgan fingerprint density at radius 3 is 2.27 bits per heavy atom. The summed E-state index contributed by atoms with van der Waals surface area (Å²) in [7, 11) is 0. The summed E-state index contributed by atoms with van der Waals surface area (Å²) in [5.41, 5.74) is 2.23. The Balaban J connectivity index is 0.00000243. The Morgan fingerprint density at radius 1 is 1.00 bits per heavy atom. The van der Waals surface area contributed by atoms with Crippen LogP contribution in [0.25, 0.3) is 0 Å². The second-order valence-corrected chi connectivity index (χ2v) is 6.41. The molecule has 0 spiro atoms. The van der Waals surface area contributed by atoms with Crippen LogP contribution in [0.4, 0.5) is 4.39 Å². The van der Waals surface area contributed by atoms with E-state index in [1.807, 2.05) is 6.07 Å². The van der Waals surface area contributed by atoms with Gasteiger partial charge in [0.2, 0.25) is 0 Å². The predicted molar refractivity (Wildman–Crippen MR) is 104 cm³/mol. The lowest BCUT2D eigenvalue weighted by Crippen LogP contribution is -2.30. The third-order valence-corrected chi connectivity index (χ3v) is 4.71. The molecule has 0 radical (unpaired) electrons. The van der Waals surface area contributed by atoms with Crippen LogP contribution < -0.4 is 0 Å². The molecule has 0 N–H and O–H groups in total. The Labute approximate surface area is 161 Å². The van der Waals surface area contributed by atoms with E-state index in [9.17, 15) is 4.39 Å². The molecule has 1 aliphatic heterocycles. The van der Waals surface area contributed by atoms with E-state index in [1.165, 1.54) is 17.7 Å². The minimum Gasteiger partial charge on any atom is -0.343 e. The molecule has 0 aliphatic carbocycles. The van der Waals surface area contributed by atoms with Crippen LogP contribution in [0.2, 0.25) is 0 Å². The fourth-order valence-corrected chi connectivity index (χ4v) is 3.34. The quantitative estimate of drug-likeness (QED) is 0.660. The minimum atomic E-state index is -0.722. The second-order valence-electron chi connectivity index (χ2n) is 6.41. The summed E-state index contributed by atoms with van der Waals surface area (Å²) in [6, 6.07) is 17.0. The lowest BCUT2D eigenvalue weighted by Gasteiger charge is -2.29. The monoisotopic (exact) mass is 379 g/mol. The summed E-state index contributed by atoms with van der Waals surface area (Å²) in [6.07, 6.45) is 1.72. The molecule has 2 aromatic rings. The van der Waals surface area contributed by atoms with Crippen LogP contribution in [0.5, 0.6) is 0 Å². The number of nitrogens with zero attached hydrogens (tertiary/aromatic N) is 1. The third-order valence-electron chi connectivity index (χ3n) is 4.71. The lowest BCUT2D eigenvalue weighted by atomic mass is 10.00. The summed E-state index contributed by atoms with van der Waals surface area (Å²) < 4.78 is 25.1. The van der Waals surface area contributed by atoms with Gasteiger partial charge in [-0.3, -0.25) is 4.90 Å². The van der Waals surface area contributed by atoms with Crippen LogP contribution in [0, 0.1) is 5.82 Å². The zero-order valence-electron chi connectivity index (χ0n) is 15.2. The first-order valence-corrected chi connectivity index (χ1v) is 9.02. The average molecular weight is 380 g/mol. The van der Waals surface area contributed by atoms with E-state index in [-0.39, 0.29) is 18.2 Å². The van der Waals surface area contributed by atoms with Crippen LogP contribution in [0.15, 0.2) is 54.6 Å². The molecule has 142 valence electrons. The topological polar surface area (TPSA) is 21.7 Å². The van der Waals surface area contributed by atoms with Crippen molar-refractivity contribution in [2.24, 2.45) is 0 Å². The van der Waals surface area contributed by atoms with Gasteiger partial charge < -0.3 is 9.47 Å². The second kappa shape index (κ2) is 10.0. The molecule has 1 heterocycles. The van der Waals surface area contributed by atoms with Gasteiger partial charge in [0.15, 0.2) is 5.79 Å². The predicted octanol–water partition coefficient (Wildman–Crippen LogP) is 4.75. The van der Waals surface area contributed by atoms with Crippen molar-refractivity contribution in [2.45, 2.75) is 32.1 Å². The first-order chi connectivity index (χ1) is 12.2. The first kappa shape index (κ1) is 20.8. The van der Waals surface area contributed by atoms with Crippen molar-refractivity contribution in [1.82, 2.24) is 4.90 Å². The molecule has 0 saturated carbocycles. The van der Waals surface area contributed by atoms with Crippen molar-refractivity contribution in [3.63, 3.8) is 0 Å². The molecule has 1 aliphatic rings. The summed E-state index contributed by atoms with van der Waals surface area (Å²) in [5, 5.41) is 0. The van der Waals surface area contributed by atoms with E-state index >= 15 is 0 Å². The molecule has 26 heavy (non-hydrogen) atoms. The van der Waals surface area contributed by atoms with Crippen molar-refractivity contribution in [1.29, 1.82) is 0 Å². The summed E-state index contributed by atoms with van der Waals surface area (Å²) in [4.78, 5) is 2.42. The fraction of sp³-hybridized carbons (Fsp3) is 0.429. The highest BCUT2D eigenvalue weighted by molar-refractivity contribution is 5.85. The Kier molecular flexibility index (Phi) is 8.04. The van der Waals surface area contributed by atoms with Gasteiger partial charge in [-0.2, -0.15) is 0 Å². The first-order valence-electron chi connectivity index (χ1n) is 9.02. The summed E-state index contributed by atoms with van der Waals surface area (Å²) in [5.74, 6) is -0.961. The van der Waals surface area contributed by atoms with Gasteiger partial charge in [-0.1, -0.05) is 49.4 Å². The highest BCUT2D eigenvalue weighted by atomic mass is 35.5. The molecule has 1 saturated heterocycles. The zero-order chi connectivity index (χ0) is 17.5. The number of rotatable bonds is 8. The molecule has 1 fully saturated rings. The van der Waals surface area contributed by atoms with Crippen molar-refractivity contribution in [3.05, 3.63) is 71.5 Å². The Bertz CT molecular complexity index is 645. The highest BCUT2D eigenvalue weighted by Gasteiger charge is 2.38. The van der Waals surface area contributed by atoms with Gasteiger partial charge in [-0.05, 0) is 37.2 Å². The van der Waals surface area contributed by atoms with Gasteiger partial charge in [0.1, 0.15) is 5.82 Å². The fourth-order valence-electron chi connectivity index (χ4n) is 3.34. The van der Waals surface area contributed by atoms with Gasteiger partial charge in [0.25, 0.3) is 0 Å². The van der Waals surface area contributed by atoms with E-state index in [2.05, 4.69) is 36.1 Å². The minimum absolute atomic E-state index is 0. The van der Waals surface area contributed by atoms with Gasteiger partial charge in [-0.25, -0.2) is 4.39 Å². The van der Waals surface area contributed by atoms with Crippen molar-refractivity contribution in [2.75, 3.05) is 26.3 Å². The van der Waals surface area contributed by atoms with Gasteiger partial charge in [0.05, 0.1) is 13.2 Å². The molecular formula is C21H27ClFNO2. The van der Waals surface area contributed by atoms with Crippen molar-refractivity contribution < 1.29 is 13.9 Å². The molecule has 5 heteroatoms. The molecule has 0 amide bonds. The molecule has 0 atom stereocenters. The Morgan fingerprint density at radius 2 is 1.65 bits per heavy atom. The van der Waals surface area contributed by atoms with E-state index in [0.29, 0.717) is 13.2 Å². The van der Waals surface area contributed by atoms with Crippen LogP contribution >= 0.6 is 12.4 Å². The maximum absolute atomic E-state index is 13.2. The maximum Gasteiger partial charge on any atom is 0.195 e. The number of benzene rings is 2. The van der Waals surface area contributed by atoms with Crippen LogP contribution in [-0.2, 0) is 21.8 Å². The van der Waals surface area contributed by atoms with Crippen molar-refractivity contribution in [3.8, 4) is 0 Å². The molecule has 2 aromatic carbocycles. The van der Waals surface area contributed by atoms with Crippen LogP contribution in [-0.4, -0.2) is 31.2 Å². The van der Waals surface area contributed by atoms with Gasteiger partial charge >= 0.3 is 0 Å². The molecule has 0 aromatic heterocycles. The van der Waals surface area contributed by atoms with E-state index < -0.39 is 5.79 Å². The SMILES string of the molecule is CCN(CCCC1(c2ccc(F)cc2)OCCO1)Cc1ccccc1.Cl. The number of ether oxygens (including phenoxy) is 2. The largest absolute Gasteiger partial charge is 0.343 e. The summed E-state index contributed by atoms with van der Waals surface area (Å²) in [6.45, 7) is 6.27. The smallest absolute Gasteiger partial charge is 0.195 e. The molecule has 3 nitrogen and oxygen atoms in total. The maximum atomic E-state index is 13.2. The van der Waals surface area contributed by atoms with Crippen LogP contribution in [0.1, 0.15) is 30.9 Å². The van der Waals surface area contributed by atoms with E-state index in [4.69, 9.17) is 9.47 Å². The molecule has 3 rings (SSSR count). The standard InChI is InChI=1S/C21H26FNO2.ClH/c1-2-23(17-18-7-4-3-5-8-18)14-6-13-21(24-15-16-25-21)19-9-11-20(22)12-10-19;/h3-5,7-12H,2,6,13-17H2,1H3;1H. The number of hydrogen-bond acceptors (Lipinski definition) is 3. The Hall–Kier alpha value is -1.46. The van der Waals surface area contributed by atoms with Crippen molar-refractivity contribution >= 4 is 12.4 Å². The average Bonchev–Trinajstić information content (AvgIpc) is 3.12. The normalized spacial score (nSPS) is 15.8. The zero-order valence-corrected chi connectivity index (χ0v) is 16.0. The lowest BCUT2D eigenvalue weighted by molar-refractivity contribution is -0.172. The number of hydrogen-bond donors (Lipinski definition) is 0. The van der Waals surface area contributed by atoms with E-state index in [0.717, 1.165) is 38.0 Å². The summed E-state index contributed by atoms with van der Waals surface area (Å²) >= 11 is 0. The molecular weight excluding hydrogens is 353 g/mol. The van der Waals surface area contributed by atoms with Gasteiger partial charge in [-0.15, -0.1) is 12.4 Å². The van der Waals surface area contributed by atoms with Crippen LogP contribution in [0.3, 0.4) is 0 Å².